The number of hydrogen-bond donors (Lipinski definition) is 0. The SMILES string of the molecule is c1ccc(-c2cc(-c3cccc4c3oc3c(-c5ccc6c(c5)-c5ccccc5C65CCCCC5)cccc34)nc(-c3ccccc3)n2)cc1.c1ccc(-c2cc(-c3cccc4c3sc3c(-c5ccc6c(c5)-c5ccccc5C65CCCCC5)cccc34)nc(-c3ccccc3)n2)cc1. The van der Waals surface area contributed by atoms with E-state index in [1.165, 1.54) is 140 Å². The summed E-state index contributed by atoms with van der Waals surface area (Å²) < 4.78 is 9.53. The molecule has 5 nitrogen and oxygen atoms in total. The summed E-state index contributed by atoms with van der Waals surface area (Å²) in [4.78, 5) is 20.4. The molecule has 4 aliphatic rings. The fraction of sp³-hybridized carbons (Fsp3) is 0.130. The van der Waals surface area contributed by atoms with Crippen molar-refractivity contribution in [3.63, 3.8) is 0 Å². The van der Waals surface area contributed by atoms with Gasteiger partial charge in [-0.05, 0) is 117 Å². The molecule has 6 heteroatoms. The number of hydrogen-bond acceptors (Lipinski definition) is 6. The molecule has 0 unspecified atom stereocenters. The lowest BCUT2D eigenvalue weighted by atomic mass is 9.68. The van der Waals surface area contributed by atoms with E-state index in [4.69, 9.17) is 24.4 Å². The Labute approximate surface area is 574 Å². The van der Waals surface area contributed by atoms with Crippen molar-refractivity contribution in [2.45, 2.75) is 75.0 Å². The van der Waals surface area contributed by atoms with Gasteiger partial charge in [0.1, 0.15) is 11.2 Å². The molecule has 0 atom stereocenters. The summed E-state index contributed by atoms with van der Waals surface area (Å²) >= 11 is 1.89. The third-order valence-electron chi connectivity index (χ3n) is 21.8. The van der Waals surface area contributed by atoms with Crippen LogP contribution in [0.4, 0.5) is 0 Å². The van der Waals surface area contributed by atoms with Crippen LogP contribution in [0.2, 0.25) is 0 Å². The maximum absolute atomic E-state index is 6.95. The summed E-state index contributed by atoms with van der Waals surface area (Å²) in [5.41, 5.74) is 28.5. The smallest absolute Gasteiger partial charge is 0.160 e. The maximum atomic E-state index is 6.95. The van der Waals surface area contributed by atoms with Crippen LogP contribution < -0.4 is 0 Å². The van der Waals surface area contributed by atoms with Crippen molar-refractivity contribution < 1.29 is 4.42 Å². The van der Waals surface area contributed by atoms with Gasteiger partial charge in [0, 0.05) is 80.7 Å². The van der Waals surface area contributed by atoms with E-state index in [0.717, 1.165) is 89.5 Å². The normalized spacial score (nSPS) is 14.7. The molecule has 468 valence electrons. The molecular formula is C92H68N4OS. The zero-order valence-corrected chi connectivity index (χ0v) is 55.2. The number of aromatic nitrogens is 4. The summed E-state index contributed by atoms with van der Waals surface area (Å²) in [7, 11) is 0. The van der Waals surface area contributed by atoms with Crippen LogP contribution in [0.1, 0.15) is 86.5 Å². The molecule has 2 fully saturated rings. The first-order chi connectivity index (χ1) is 48.5. The van der Waals surface area contributed by atoms with E-state index < -0.39 is 0 Å². The van der Waals surface area contributed by atoms with Gasteiger partial charge in [-0.25, -0.2) is 19.9 Å². The van der Waals surface area contributed by atoms with Crippen LogP contribution in [0.3, 0.4) is 0 Å². The largest absolute Gasteiger partial charge is 0.455 e. The molecule has 2 spiro atoms. The third kappa shape index (κ3) is 9.63. The first-order valence-corrected chi connectivity index (χ1v) is 35.7. The Morgan fingerprint density at radius 3 is 1.10 bits per heavy atom. The molecule has 4 aromatic heterocycles. The number of nitrogens with zero attached hydrogens (tertiary/aromatic N) is 4. The monoisotopic (exact) mass is 1280 g/mol. The van der Waals surface area contributed by atoms with Crippen LogP contribution in [0.5, 0.6) is 0 Å². The Kier molecular flexibility index (Phi) is 14.2. The minimum absolute atomic E-state index is 0.151. The Balaban J connectivity index is 0.000000137. The zero-order valence-electron chi connectivity index (χ0n) is 54.4. The molecule has 98 heavy (non-hydrogen) atoms. The Bertz CT molecular complexity index is 5290. The van der Waals surface area contributed by atoms with E-state index in [9.17, 15) is 0 Å². The lowest BCUT2D eigenvalue weighted by molar-refractivity contribution is 0.353. The molecule has 0 saturated heterocycles. The number of rotatable bonds is 8. The highest BCUT2D eigenvalue weighted by Crippen LogP contribution is 2.59. The van der Waals surface area contributed by atoms with Gasteiger partial charge in [0.2, 0.25) is 0 Å². The van der Waals surface area contributed by atoms with Gasteiger partial charge in [-0.3, -0.25) is 0 Å². The van der Waals surface area contributed by atoms with Gasteiger partial charge in [0.25, 0.3) is 0 Å². The molecule has 20 rings (SSSR count). The summed E-state index contributed by atoms with van der Waals surface area (Å²) in [6.07, 6.45) is 12.9. The summed E-state index contributed by atoms with van der Waals surface area (Å²) in [6, 6.07) is 105. The Morgan fingerprint density at radius 2 is 0.602 bits per heavy atom. The van der Waals surface area contributed by atoms with Gasteiger partial charge in [0.05, 0.1) is 22.8 Å². The molecule has 4 heterocycles. The molecule has 0 amide bonds. The maximum Gasteiger partial charge on any atom is 0.160 e. The van der Waals surface area contributed by atoms with Crippen molar-refractivity contribution in [2.75, 3.05) is 0 Å². The van der Waals surface area contributed by atoms with Crippen molar-refractivity contribution in [3.05, 3.63) is 313 Å². The first kappa shape index (κ1) is 58.2. The minimum atomic E-state index is 0.151. The number of para-hydroxylation sites is 2. The van der Waals surface area contributed by atoms with Crippen molar-refractivity contribution >= 4 is 53.4 Å². The molecule has 0 bridgehead atoms. The minimum Gasteiger partial charge on any atom is -0.455 e. The van der Waals surface area contributed by atoms with Crippen LogP contribution in [0, 0.1) is 0 Å². The van der Waals surface area contributed by atoms with Crippen LogP contribution in [-0.2, 0) is 10.8 Å². The topological polar surface area (TPSA) is 64.7 Å². The third-order valence-corrected chi connectivity index (χ3v) is 23.1. The van der Waals surface area contributed by atoms with Gasteiger partial charge in [-0.2, -0.15) is 0 Å². The standard InChI is InChI=1S/C46H34N2O.C46H34N2S/c2*1-4-14-30(15-5-1)41-29-42(48-45(47-41)31-16-6-2-7-17-31)37-22-13-21-36-35-20-12-19-33(43(35)49-44(36)37)32-24-25-40-38(28-32)34-18-8-9-23-39(34)46(40)26-10-3-11-27-46/h2*1-2,4-9,12-25,28-29H,3,10-11,26-27H2. The van der Waals surface area contributed by atoms with Gasteiger partial charge in [0.15, 0.2) is 11.6 Å². The fourth-order valence-electron chi connectivity index (χ4n) is 17.3. The van der Waals surface area contributed by atoms with E-state index in [2.05, 4.69) is 231 Å². The molecular weight excluding hydrogens is 1210 g/mol. The van der Waals surface area contributed by atoms with Gasteiger partial charge in [-0.1, -0.05) is 299 Å². The van der Waals surface area contributed by atoms with Gasteiger partial charge < -0.3 is 4.42 Å². The summed E-state index contributed by atoms with van der Waals surface area (Å²) in [5.74, 6) is 1.44. The first-order valence-electron chi connectivity index (χ1n) is 34.9. The molecule has 0 aliphatic heterocycles. The van der Waals surface area contributed by atoms with E-state index >= 15 is 0 Å². The van der Waals surface area contributed by atoms with Crippen LogP contribution in [0.25, 0.3) is 154 Å². The highest BCUT2D eigenvalue weighted by atomic mass is 32.1. The van der Waals surface area contributed by atoms with Crippen LogP contribution in [0.15, 0.2) is 296 Å². The van der Waals surface area contributed by atoms with E-state index in [1.807, 2.05) is 72.0 Å². The molecule has 0 N–H and O–H groups in total. The predicted octanol–water partition coefficient (Wildman–Crippen LogP) is 25.0. The number of thiophene rings is 1. The van der Waals surface area contributed by atoms with Crippen molar-refractivity contribution in [1.82, 2.24) is 19.9 Å². The summed E-state index contributed by atoms with van der Waals surface area (Å²) in [6.45, 7) is 0. The van der Waals surface area contributed by atoms with E-state index in [-0.39, 0.29) is 10.8 Å². The summed E-state index contributed by atoms with van der Waals surface area (Å²) in [5, 5.41) is 4.76. The Morgan fingerprint density at radius 1 is 0.245 bits per heavy atom. The van der Waals surface area contributed by atoms with Gasteiger partial charge >= 0.3 is 0 Å². The van der Waals surface area contributed by atoms with E-state index in [1.54, 1.807) is 5.56 Å². The Hall–Kier alpha value is -11.2. The van der Waals surface area contributed by atoms with Crippen LogP contribution in [-0.4, -0.2) is 19.9 Å². The lowest BCUT2D eigenvalue weighted by Crippen LogP contribution is -2.27. The number of furan rings is 1. The van der Waals surface area contributed by atoms with Gasteiger partial charge in [-0.15, -0.1) is 11.3 Å². The second kappa shape index (κ2) is 23.9. The fourth-order valence-corrected chi connectivity index (χ4v) is 18.6. The highest BCUT2D eigenvalue weighted by Gasteiger charge is 2.45. The zero-order chi connectivity index (χ0) is 64.7. The average molecular weight is 1280 g/mol. The number of benzene rings is 12. The molecule has 16 aromatic rings. The van der Waals surface area contributed by atoms with Crippen LogP contribution >= 0.6 is 11.3 Å². The highest BCUT2D eigenvalue weighted by molar-refractivity contribution is 7.26. The number of fused-ring (bicyclic) bond motifs is 16. The molecule has 0 radical (unpaired) electrons. The van der Waals surface area contributed by atoms with E-state index in [0.29, 0.717) is 5.82 Å². The van der Waals surface area contributed by atoms with Crippen molar-refractivity contribution in [3.8, 4) is 112 Å². The lowest BCUT2D eigenvalue weighted by Gasteiger charge is -2.36. The second-order valence-electron chi connectivity index (χ2n) is 27.2. The van der Waals surface area contributed by atoms with Crippen molar-refractivity contribution in [1.29, 1.82) is 0 Å². The average Bonchev–Trinajstić information content (AvgIpc) is 1.57. The van der Waals surface area contributed by atoms with Crippen molar-refractivity contribution in [2.24, 2.45) is 0 Å². The molecule has 12 aromatic carbocycles. The molecule has 4 aliphatic carbocycles. The molecule has 2 saturated carbocycles. The quantitative estimate of drug-likeness (QED) is 0.152. The second-order valence-corrected chi connectivity index (χ2v) is 28.2. The predicted molar refractivity (Wildman–Crippen MR) is 406 cm³/mol.